The number of fused-ring (bicyclic) bond motifs is 1. The number of amides is 3. The zero-order chi connectivity index (χ0) is 22.7. The number of pyridine rings is 1. The smallest absolute Gasteiger partial charge is 0.322 e. The van der Waals surface area contributed by atoms with Gasteiger partial charge in [0.1, 0.15) is 27.5 Å². The summed E-state index contributed by atoms with van der Waals surface area (Å²) < 4.78 is 43.6. The number of nitrogens with zero attached hydrogens (tertiary/aromatic N) is 1. The summed E-state index contributed by atoms with van der Waals surface area (Å²) in [5, 5.41) is 10.9. The third kappa shape index (κ3) is 3.53. The molecular formula is C21H19FN4O5S. The van der Waals surface area contributed by atoms with Crippen LogP contribution in [-0.2, 0) is 21.2 Å². The summed E-state index contributed by atoms with van der Waals surface area (Å²) in [5.41, 5.74) is 0.136. The number of halogens is 1. The molecule has 1 saturated carbocycles. The minimum atomic E-state index is -4.04. The van der Waals surface area contributed by atoms with Gasteiger partial charge in [0.25, 0.3) is 5.91 Å². The lowest BCUT2D eigenvalue weighted by atomic mass is 9.94. The number of urea groups is 1. The van der Waals surface area contributed by atoms with Crippen molar-refractivity contribution in [3.63, 3.8) is 0 Å². The Morgan fingerprint density at radius 2 is 2.03 bits per heavy atom. The number of nitrogens with one attached hydrogen (secondary N) is 2. The molecule has 11 heteroatoms. The predicted octanol–water partition coefficient (Wildman–Crippen LogP) is 2.20. The first kappa shape index (κ1) is 20.6. The van der Waals surface area contributed by atoms with Gasteiger partial charge in [-0.3, -0.25) is 10.1 Å². The van der Waals surface area contributed by atoms with E-state index < -0.39 is 27.4 Å². The molecule has 1 aliphatic carbocycles. The van der Waals surface area contributed by atoms with E-state index in [9.17, 15) is 22.4 Å². The maximum Gasteiger partial charge on any atom is 0.322 e. The van der Waals surface area contributed by atoms with E-state index in [-0.39, 0.29) is 28.8 Å². The highest BCUT2D eigenvalue weighted by Gasteiger charge is 2.51. The first-order valence-electron chi connectivity index (χ1n) is 9.99. The SMILES string of the molecule is NS(=O)(=O)c1ccc(-c2cc3cc(F)ccc3o2)nc1CC1CCC2(C1)NC(=O)NC2=O. The van der Waals surface area contributed by atoms with Crippen LogP contribution in [-0.4, -0.2) is 30.9 Å². The Balaban J connectivity index is 1.49. The van der Waals surface area contributed by atoms with Gasteiger partial charge in [-0.2, -0.15) is 0 Å². The number of hydrogen-bond donors (Lipinski definition) is 3. The predicted molar refractivity (Wildman–Crippen MR) is 111 cm³/mol. The minimum absolute atomic E-state index is 0.0906. The summed E-state index contributed by atoms with van der Waals surface area (Å²) in [6, 6.07) is 8.08. The molecule has 3 amide bonds. The maximum atomic E-state index is 13.5. The van der Waals surface area contributed by atoms with Crippen LogP contribution in [0, 0.1) is 11.7 Å². The van der Waals surface area contributed by atoms with Crippen LogP contribution in [0.15, 0.2) is 45.7 Å². The molecule has 1 saturated heterocycles. The van der Waals surface area contributed by atoms with Gasteiger partial charge in [0.05, 0.1) is 5.69 Å². The van der Waals surface area contributed by atoms with Gasteiger partial charge in [0, 0.05) is 5.39 Å². The van der Waals surface area contributed by atoms with Crippen LogP contribution in [0.4, 0.5) is 9.18 Å². The molecule has 2 atom stereocenters. The topological polar surface area (TPSA) is 144 Å². The van der Waals surface area contributed by atoms with Gasteiger partial charge in [-0.15, -0.1) is 0 Å². The molecule has 2 fully saturated rings. The van der Waals surface area contributed by atoms with E-state index in [1.807, 2.05) is 0 Å². The van der Waals surface area contributed by atoms with Crippen LogP contribution in [0.3, 0.4) is 0 Å². The van der Waals surface area contributed by atoms with Crippen LogP contribution in [0.5, 0.6) is 0 Å². The van der Waals surface area contributed by atoms with Crippen molar-refractivity contribution in [2.24, 2.45) is 11.1 Å². The standard InChI is InChI=1S/C21H19FN4O5S/c22-13-1-3-16-12(8-13)9-17(31-16)14-2-4-18(32(23,29)30)15(24-14)7-11-5-6-21(10-11)19(27)25-20(28)26-21/h1-4,8-9,11H,5-7,10H2,(H2,23,29,30)(H2,25,26,27,28). The number of carbonyl (C=O) groups excluding carboxylic acids is 2. The average molecular weight is 458 g/mol. The lowest BCUT2D eigenvalue weighted by molar-refractivity contribution is -0.123. The average Bonchev–Trinajstić information content (AvgIpc) is 3.38. The van der Waals surface area contributed by atoms with Gasteiger partial charge in [0.2, 0.25) is 10.0 Å². The molecule has 32 heavy (non-hydrogen) atoms. The molecule has 3 heterocycles. The van der Waals surface area contributed by atoms with Crippen LogP contribution >= 0.6 is 0 Å². The molecule has 0 radical (unpaired) electrons. The first-order chi connectivity index (χ1) is 15.1. The van der Waals surface area contributed by atoms with Gasteiger partial charge in [-0.05, 0) is 68.0 Å². The molecule has 1 aliphatic heterocycles. The van der Waals surface area contributed by atoms with Crippen molar-refractivity contribution in [2.45, 2.75) is 36.1 Å². The van der Waals surface area contributed by atoms with Gasteiger partial charge >= 0.3 is 6.03 Å². The van der Waals surface area contributed by atoms with E-state index in [4.69, 9.17) is 9.56 Å². The fourth-order valence-corrected chi connectivity index (χ4v) is 5.33. The Labute approximate surface area is 182 Å². The minimum Gasteiger partial charge on any atom is -0.454 e. The zero-order valence-corrected chi connectivity index (χ0v) is 17.5. The van der Waals surface area contributed by atoms with Gasteiger partial charge < -0.3 is 9.73 Å². The number of rotatable bonds is 4. The molecule has 1 aromatic carbocycles. The lowest BCUT2D eigenvalue weighted by Gasteiger charge is -2.20. The number of benzene rings is 1. The van der Waals surface area contributed by atoms with Crippen molar-refractivity contribution in [3.05, 3.63) is 47.9 Å². The molecule has 9 nitrogen and oxygen atoms in total. The van der Waals surface area contributed by atoms with Crippen molar-refractivity contribution in [2.75, 3.05) is 0 Å². The van der Waals surface area contributed by atoms with E-state index in [0.717, 1.165) is 0 Å². The molecule has 1 spiro atoms. The van der Waals surface area contributed by atoms with Crippen molar-refractivity contribution in [1.82, 2.24) is 15.6 Å². The second-order valence-corrected chi connectivity index (χ2v) is 9.81. The third-order valence-corrected chi connectivity index (χ3v) is 7.07. The van der Waals surface area contributed by atoms with Gasteiger partial charge in [-0.1, -0.05) is 0 Å². The fraction of sp³-hybridized carbons (Fsp3) is 0.286. The van der Waals surface area contributed by atoms with Gasteiger partial charge in [0.15, 0.2) is 5.76 Å². The molecule has 0 bridgehead atoms. The number of nitrogens with two attached hydrogens (primary N) is 1. The Hall–Kier alpha value is -3.31. The second kappa shape index (κ2) is 7.10. The number of primary sulfonamides is 1. The van der Waals surface area contributed by atoms with Crippen LogP contribution < -0.4 is 15.8 Å². The molecule has 2 aliphatic rings. The van der Waals surface area contributed by atoms with E-state index in [1.165, 1.54) is 30.3 Å². The summed E-state index contributed by atoms with van der Waals surface area (Å²) >= 11 is 0. The Morgan fingerprint density at radius 1 is 1.22 bits per heavy atom. The molecule has 5 rings (SSSR count). The van der Waals surface area contributed by atoms with Crippen molar-refractivity contribution >= 4 is 32.9 Å². The normalized spacial score (nSPS) is 23.1. The maximum absolute atomic E-state index is 13.5. The van der Waals surface area contributed by atoms with E-state index in [0.29, 0.717) is 41.7 Å². The first-order valence-corrected chi connectivity index (χ1v) is 11.5. The summed E-state index contributed by atoms with van der Waals surface area (Å²) in [6.07, 6.45) is 1.67. The number of furan rings is 1. The van der Waals surface area contributed by atoms with E-state index in [2.05, 4.69) is 15.6 Å². The monoisotopic (exact) mass is 458 g/mol. The number of aromatic nitrogens is 1. The Kier molecular flexibility index (Phi) is 4.57. The van der Waals surface area contributed by atoms with E-state index >= 15 is 0 Å². The Morgan fingerprint density at radius 3 is 2.75 bits per heavy atom. The van der Waals surface area contributed by atoms with Crippen molar-refractivity contribution in [3.8, 4) is 11.5 Å². The molecule has 2 aromatic heterocycles. The molecule has 166 valence electrons. The molecule has 2 unspecified atom stereocenters. The summed E-state index contributed by atoms with van der Waals surface area (Å²) in [6.45, 7) is 0. The Bertz CT molecular complexity index is 1390. The van der Waals surface area contributed by atoms with Crippen molar-refractivity contribution in [1.29, 1.82) is 0 Å². The molecular weight excluding hydrogens is 439 g/mol. The highest BCUT2D eigenvalue weighted by molar-refractivity contribution is 7.89. The van der Waals surface area contributed by atoms with Crippen LogP contribution in [0.1, 0.15) is 25.0 Å². The number of sulfonamides is 1. The van der Waals surface area contributed by atoms with Crippen molar-refractivity contribution < 1.29 is 26.8 Å². The van der Waals surface area contributed by atoms with Crippen LogP contribution in [0.2, 0.25) is 0 Å². The zero-order valence-electron chi connectivity index (χ0n) is 16.7. The number of imide groups is 1. The quantitative estimate of drug-likeness (QED) is 0.511. The fourth-order valence-electron chi connectivity index (χ4n) is 4.61. The van der Waals surface area contributed by atoms with Crippen LogP contribution in [0.25, 0.3) is 22.4 Å². The summed E-state index contributed by atoms with van der Waals surface area (Å²) in [4.78, 5) is 28.2. The number of hydrogen-bond acceptors (Lipinski definition) is 6. The second-order valence-electron chi connectivity index (χ2n) is 8.28. The van der Waals surface area contributed by atoms with E-state index in [1.54, 1.807) is 6.07 Å². The molecule has 4 N–H and O–H groups in total. The largest absolute Gasteiger partial charge is 0.454 e. The highest BCUT2D eigenvalue weighted by atomic mass is 32.2. The highest BCUT2D eigenvalue weighted by Crippen LogP contribution is 2.39. The summed E-state index contributed by atoms with van der Waals surface area (Å²) in [5.74, 6) is -0.500. The number of carbonyl (C=O) groups is 2. The summed E-state index contributed by atoms with van der Waals surface area (Å²) in [7, 11) is -4.04. The molecule has 3 aromatic rings. The third-order valence-electron chi connectivity index (χ3n) is 6.08. The van der Waals surface area contributed by atoms with Gasteiger partial charge in [-0.25, -0.2) is 27.7 Å². The lowest BCUT2D eigenvalue weighted by Crippen LogP contribution is -2.44.